The van der Waals surface area contributed by atoms with Gasteiger partial charge >= 0.3 is 6.09 Å². The third-order valence-electron chi connectivity index (χ3n) is 10.4. The van der Waals surface area contributed by atoms with E-state index in [1.54, 1.807) is 0 Å². The van der Waals surface area contributed by atoms with Gasteiger partial charge in [0.1, 0.15) is 6.61 Å². The molecule has 9 rings (SSSR count). The number of nitrogens with zero attached hydrogens (tertiary/aromatic N) is 3. The van der Waals surface area contributed by atoms with E-state index in [4.69, 9.17) is 4.74 Å². The van der Waals surface area contributed by atoms with Crippen LogP contribution in [0.2, 0.25) is 0 Å². The van der Waals surface area contributed by atoms with E-state index in [2.05, 4.69) is 81.7 Å². The molecule has 0 radical (unpaired) electrons. The zero-order valence-electron chi connectivity index (χ0n) is 25.6. The Morgan fingerprint density at radius 3 is 2.65 bits per heavy atom. The van der Waals surface area contributed by atoms with Crippen molar-refractivity contribution >= 4 is 22.9 Å². The molecule has 4 saturated heterocycles. The van der Waals surface area contributed by atoms with Crippen molar-refractivity contribution in [1.29, 1.82) is 0 Å². The highest BCUT2D eigenvalue weighted by atomic mass is 16.6. The molecule has 2 aromatic carbocycles. The molecule has 3 aromatic rings. The van der Waals surface area contributed by atoms with Crippen molar-refractivity contribution in [2.45, 2.75) is 62.9 Å². The predicted octanol–water partition coefficient (Wildman–Crippen LogP) is 4.58. The average molecular weight is 584 g/mol. The number of nitrogens with one attached hydrogen (secondary N) is 2. The number of aryl methyl sites for hydroxylation is 1. The second-order valence-corrected chi connectivity index (χ2v) is 13.5. The quantitative estimate of drug-likeness (QED) is 0.444. The minimum Gasteiger partial charge on any atom is -0.447 e. The van der Waals surface area contributed by atoms with E-state index in [1.807, 2.05) is 0 Å². The van der Waals surface area contributed by atoms with Crippen LogP contribution in [0.1, 0.15) is 64.2 Å². The Morgan fingerprint density at radius 1 is 1.05 bits per heavy atom. The van der Waals surface area contributed by atoms with Gasteiger partial charge in [-0.1, -0.05) is 18.2 Å². The highest BCUT2D eigenvalue weighted by Gasteiger charge is 2.43. The van der Waals surface area contributed by atoms with Crippen LogP contribution in [0.15, 0.2) is 42.6 Å². The SMILES string of the molecule is CN(C)CCc1c[nH]c2ccc(C[C@H]3COC(=O)N3)cc12.O=C1c2cccc3c2[C@H](CCC3)CN1[C@@H]1CN2CCC1CC2. The Morgan fingerprint density at radius 2 is 1.91 bits per heavy atom. The summed E-state index contributed by atoms with van der Waals surface area (Å²) in [4.78, 5) is 34.6. The first-order chi connectivity index (χ1) is 20.9. The summed E-state index contributed by atoms with van der Waals surface area (Å²) >= 11 is 0. The van der Waals surface area contributed by atoms with Gasteiger partial charge in [0.15, 0.2) is 0 Å². The van der Waals surface area contributed by atoms with E-state index in [-0.39, 0.29) is 12.1 Å². The summed E-state index contributed by atoms with van der Waals surface area (Å²) in [5.74, 6) is 1.64. The monoisotopic (exact) mass is 583 g/mol. The van der Waals surface area contributed by atoms with Crippen LogP contribution in [0.4, 0.5) is 4.79 Å². The molecular weight excluding hydrogens is 538 g/mol. The van der Waals surface area contributed by atoms with Gasteiger partial charge in [-0.25, -0.2) is 4.79 Å². The number of piperidine rings is 3. The number of hydrogen-bond acceptors (Lipinski definition) is 5. The second kappa shape index (κ2) is 12.0. The van der Waals surface area contributed by atoms with Crippen molar-refractivity contribution in [3.8, 4) is 0 Å². The van der Waals surface area contributed by atoms with Gasteiger partial charge in [-0.3, -0.25) is 4.79 Å². The number of carbonyl (C=O) groups excluding carboxylic acids is 2. The normalized spacial score (nSPS) is 27.5. The smallest absolute Gasteiger partial charge is 0.407 e. The van der Waals surface area contributed by atoms with Gasteiger partial charge in [-0.05, 0) is 119 Å². The summed E-state index contributed by atoms with van der Waals surface area (Å²) in [6.45, 7) is 6.05. The first-order valence-electron chi connectivity index (χ1n) is 16.2. The van der Waals surface area contributed by atoms with E-state index in [9.17, 15) is 9.59 Å². The molecule has 6 heterocycles. The number of aromatic nitrogens is 1. The highest BCUT2D eigenvalue weighted by Crippen LogP contribution is 2.41. The van der Waals surface area contributed by atoms with E-state index < -0.39 is 0 Å². The van der Waals surface area contributed by atoms with Gasteiger partial charge in [0.05, 0.1) is 6.04 Å². The number of amides is 2. The fourth-order valence-electron chi connectivity index (χ4n) is 8.14. The molecule has 0 spiro atoms. The average Bonchev–Trinajstić information content (AvgIpc) is 3.63. The third-order valence-corrected chi connectivity index (χ3v) is 10.4. The highest BCUT2D eigenvalue weighted by molar-refractivity contribution is 5.98. The van der Waals surface area contributed by atoms with Gasteiger partial charge < -0.3 is 29.7 Å². The molecular formula is C35H45N5O3. The zero-order valence-corrected chi connectivity index (χ0v) is 25.6. The molecule has 3 atom stereocenters. The van der Waals surface area contributed by atoms with Crippen LogP contribution < -0.4 is 5.32 Å². The van der Waals surface area contributed by atoms with Crippen molar-refractivity contribution in [3.63, 3.8) is 0 Å². The predicted molar refractivity (Wildman–Crippen MR) is 169 cm³/mol. The summed E-state index contributed by atoms with van der Waals surface area (Å²) in [7, 11) is 4.17. The molecule has 2 bridgehead atoms. The third kappa shape index (κ3) is 5.79. The number of ether oxygens (including phenoxy) is 1. The van der Waals surface area contributed by atoms with Gasteiger partial charge in [-0.2, -0.15) is 0 Å². The lowest BCUT2D eigenvalue weighted by atomic mass is 9.75. The molecule has 1 aliphatic carbocycles. The molecule has 5 aliphatic heterocycles. The Bertz CT molecular complexity index is 1490. The van der Waals surface area contributed by atoms with Crippen molar-refractivity contribution in [2.75, 3.05) is 53.4 Å². The Kier molecular flexibility index (Phi) is 7.91. The van der Waals surface area contributed by atoms with E-state index in [0.29, 0.717) is 24.5 Å². The fraction of sp³-hybridized carbons (Fsp3) is 0.543. The number of rotatable bonds is 6. The Balaban J connectivity index is 0.000000140. The number of likely N-dealkylation sites (N-methyl/N-ethyl adjacent to an activating group) is 1. The number of alkyl carbamates (subject to hydrolysis) is 1. The van der Waals surface area contributed by atoms with Crippen molar-refractivity contribution in [2.24, 2.45) is 5.92 Å². The lowest BCUT2D eigenvalue weighted by molar-refractivity contribution is 0.00258. The minimum absolute atomic E-state index is 0.0825. The summed E-state index contributed by atoms with van der Waals surface area (Å²) in [5, 5.41) is 4.10. The fourth-order valence-corrected chi connectivity index (χ4v) is 8.14. The topological polar surface area (TPSA) is 80.9 Å². The minimum atomic E-state index is -0.311. The second-order valence-electron chi connectivity index (χ2n) is 13.5. The number of benzene rings is 2. The van der Waals surface area contributed by atoms with E-state index in [0.717, 1.165) is 50.4 Å². The molecule has 8 heteroatoms. The maximum absolute atomic E-state index is 13.1. The standard InChI is InChI=1S/C19H24N2O.C16H21N3O2/c22-19-16-6-2-4-14-3-1-5-15(18(14)16)11-21(19)17-12-20-9-7-13(17)8-10-20;1-19(2)6-5-12-9-17-15-4-3-11(8-14(12)15)7-13-10-21-16(20)18-13/h2,4,6,13,15,17H,1,3,5,7-12H2;3-4,8-9,13,17H,5-7,10H2,1-2H3,(H,18,20)/t15-,17-;13-/m10/s1. The van der Waals surface area contributed by atoms with Crippen molar-refractivity contribution < 1.29 is 14.3 Å². The number of fused-ring (bicyclic) bond motifs is 4. The largest absolute Gasteiger partial charge is 0.447 e. The number of H-pyrrole nitrogens is 1. The van der Waals surface area contributed by atoms with Crippen molar-refractivity contribution in [1.82, 2.24) is 25.0 Å². The number of carbonyl (C=O) groups is 2. The molecule has 6 aliphatic rings. The molecule has 0 saturated carbocycles. The van der Waals surface area contributed by atoms with Gasteiger partial charge in [-0.15, -0.1) is 0 Å². The molecule has 8 nitrogen and oxygen atoms in total. The maximum atomic E-state index is 13.1. The van der Waals surface area contributed by atoms with Crippen LogP contribution in [-0.4, -0.2) is 97.2 Å². The van der Waals surface area contributed by atoms with Gasteiger partial charge in [0.2, 0.25) is 0 Å². The molecule has 4 fully saturated rings. The number of cyclic esters (lactones) is 1. The molecule has 2 N–H and O–H groups in total. The molecule has 228 valence electrons. The number of aromatic amines is 1. The lowest BCUT2D eigenvalue weighted by Gasteiger charge is -2.51. The summed E-state index contributed by atoms with van der Waals surface area (Å²) in [6.07, 6.45) is 9.88. The summed E-state index contributed by atoms with van der Waals surface area (Å²) < 4.78 is 4.94. The van der Waals surface area contributed by atoms with E-state index >= 15 is 0 Å². The Labute approximate surface area is 254 Å². The summed E-state index contributed by atoms with van der Waals surface area (Å²) in [5.41, 5.74) is 7.59. The van der Waals surface area contributed by atoms with Crippen molar-refractivity contribution in [3.05, 3.63) is 70.4 Å². The molecule has 2 amide bonds. The molecule has 0 unspecified atom stereocenters. The number of hydrogen-bond donors (Lipinski definition) is 2. The maximum Gasteiger partial charge on any atom is 0.407 e. The van der Waals surface area contributed by atoms with Gasteiger partial charge in [0.25, 0.3) is 5.91 Å². The van der Waals surface area contributed by atoms with Crippen LogP contribution in [0.3, 0.4) is 0 Å². The van der Waals surface area contributed by atoms with Crippen LogP contribution in [0, 0.1) is 5.92 Å². The molecule has 1 aromatic heterocycles. The van der Waals surface area contributed by atoms with Crippen LogP contribution in [0.25, 0.3) is 10.9 Å². The first kappa shape index (κ1) is 28.4. The molecule has 43 heavy (non-hydrogen) atoms. The van der Waals surface area contributed by atoms with Crippen LogP contribution >= 0.6 is 0 Å². The van der Waals surface area contributed by atoms with Crippen LogP contribution in [0.5, 0.6) is 0 Å². The Hall–Kier alpha value is -3.36. The van der Waals surface area contributed by atoms with E-state index in [1.165, 1.54) is 71.9 Å². The zero-order chi connectivity index (χ0) is 29.5. The lowest BCUT2D eigenvalue weighted by Crippen LogP contribution is -2.60. The van der Waals surface area contributed by atoms with Crippen LogP contribution in [-0.2, 0) is 24.0 Å². The first-order valence-corrected chi connectivity index (χ1v) is 16.2. The van der Waals surface area contributed by atoms with Gasteiger partial charge in [0, 0.05) is 54.3 Å². The summed E-state index contributed by atoms with van der Waals surface area (Å²) in [6, 6.07) is 13.4.